The van der Waals surface area contributed by atoms with Gasteiger partial charge in [-0.15, -0.1) is 0 Å². The topological polar surface area (TPSA) is 136 Å². The van der Waals surface area contributed by atoms with Crippen molar-refractivity contribution in [3.05, 3.63) is 83.9 Å². The van der Waals surface area contributed by atoms with Crippen LogP contribution in [0.5, 0.6) is 0 Å². The summed E-state index contributed by atoms with van der Waals surface area (Å²) < 4.78 is 11.0. The zero-order chi connectivity index (χ0) is 30.5. The maximum Gasteiger partial charge on any atom is 0.410 e. The number of piperidine rings is 1. The van der Waals surface area contributed by atoms with Gasteiger partial charge in [0, 0.05) is 26.2 Å². The molecule has 3 aromatic carbocycles. The van der Waals surface area contributed by atoms with E-state index in [4.69, 9.17) is 15.2 Å². The number of fused-ring (bicyclic) bond motifs is 1. The Hall–Kier alpha value is -4.93. The summed E-state index contributed by atoms with van der Waals surface area (Å²) in [5.41, 5.74) is 7.84. The number of rotatable bonds is 8. The molecule has 2 fully saturated rings. The highest BCUT2D eigenvalue weighted by molar-refractivity contribution is 5.83. The smallest absolute Gasteiger partial charge is 0.410 e. The molecule has 0 radical (unpaired) electrons. The Labute approximate surface area is 256 Å². The van der Waals surface area contributed by atoms with Crippen LogP contribution in [0.25, 0.3) is 10.8 Å². The normalized spacial score (nSPS) is 17.5. The molecule has 0 saturated carbocycles. The molecule has 2 aliphatic rings. The third-order valence-electron chi connectivity index (χ3n) is 8.52. The van der Waals surface area contributed by atoms with E-state index in [1.54, 1.807) is 11.8 Å². The number of aromatic nitrogens is 3. The number of nitrogens with two attached hydrogens (primary N) is 1. The maximum atomic E-state index is 13.2. The van der Waals surface area contributed by atoms with Crippen molar-refractivity contribution in [3.63, 3.8) is 0 Å². The van der Waals surface area contributed by atoms with Gasteiger partial charge in [0.1, 0.15) is 12.6 Å². The first kappa shape index (κ1) is 29.2. The molecule has 3 heterocycles. The van der Waals surface area contributed by atoms with Crippen LogP contribution >= 0.6 is 0 Å². The van der Waals surface area contributed by atoms with Crippen LogP contribution in [0.3, 0.4) is 0 Å². The summed E-state index contributed by atoms with van der Waals surface area (Å²) in [6.07, 6.45) is 1.52. The molecule has 6 rings (SSSR count). The summed E-state index contributed by atoms with van der Waals surface area (Å²) in [6, 6.07) is 23.4. The van der Waals surface area contributed by atoms with Crippen molar-refractivity contribution in [2.45, 2.75) is 45.4 Å². The van der Waals surface area contributed by atoms with Gasteiger partial charge in [-0.1, -0.05) is 66.7 Å². The number of hydrogen-bond donors (Lipinski definition) is 2. The van der Waals surface area contributed by atoms with Crippen LogP contribution in [0.4, 0.5) is 22.6 Å². The van der Waals surface area contributed by atoms with Crippen LogP contribution in [-0.2, 0) is 27.4 Å². The van der Waals surface area contributed by atoms with Crippen LogP contribution in [0.2, 0.25) is 0 Å². The van der Waals surface area contributed by atoms with E-state index in [1.807, 2.05) is 42.5 Å². The number of nitrogen functional groups attached to an aromatic ring is 1. The lowest BCUT2D eigenvalue weighted by molar-refractivity contribution is -0.148. The number of ether oxygens (including phenoxy) is 2. The van der Waals surface area contributed by atoms with E-state index in [0.29, 0.717) is 44.5 Å². The molecule has 11 heteroatoms. The Morgan fingerprint density at radius 2 is 1.68 bits per heavy atom. The Morgan fingerprint density at radius 1 is 0.932 bits per heavy atom. The average molecular weight is 596 g/mol. The van der Waals surface area contributed by atoms with Gasteiger partial charge in [-0.05, 0) is 59.6 Å². The van der Waals surface area contributed by atoms with Crippen LogP contribution in [0, 0.1) is 5.41 Å². The van der Waals surface area contributed by atoms with Crippen molar-refractivity contribution in [1.29, 1.82) is 0 Å². The second kappa shape index (κ2) is 12.7. The number of benzene rings is 3. The minimum absolute atomic E-state index is 0.143. The first-order chi connectivity index (χ1) is 21.4. The Balaban J connectivity index is 1.10. The second-order valence-corrected chi connectivity index (χ2v) is 11.5. The number of carbonyl (C=O) groups excluding carboxylic acids is 2. The lowest BCUT2D eigenvalue weighted by atomic mass is 9.76. The molecular weight excluding hydrogens is 558 g/mol. The molecule has 1 unspecified atom stereocenters. The van der Waals surface area contributed by atoms with Crippen LogP contribution < -0.4 is 16.0 Å². The first-order valence-corrected chi connectivity index (χ1v) is 15.0. The van der Waals surface area contributed by atoms with E-state index in [1.165, 1.54) is 10.8 Å². The van der Waals surface area contributed by atoms with E-state index < -0.39 is 18.1 Å². The van der Waals surface area contributed by atoms with Crippen molar-refractivity contribution in [3.8, 4) is 0 Å². The van der Waals surface area contributed by atoms with E-state index in [-0.39, 0.29) is 24.6 Å². The van der Waals surface area contributed by atoms with Gasteiger partial charge in [0.2, 0.25) is 17.8 Å². The summed E-state index contributed by atoms with van der Waals surface area (Å²) in [5, 5.41) is 5.65. The molecule has 228 valence electrons. The summed E-state index contributed by atoms with van der Waals surface area (Å²) in [4.78, 5) is 43.1. The molecule has 0 aliphatic carbocycles. The minimum atomic E-state index is -0.677. The second-order valence-electron chi connectivity index (χ2n) is 11.5. The zero-order valence-electron chi connectivity index (χ0n) is 24.8. The fraction of sp³-hybridized carbons (Fsp3) is 0.364. The molecule has 2 saturated heterocycles. The van der Waals surface area contributed by atoms with Gasteiger partial charge in [-0.3, -0.25) is 4.90 Å². The first-order valence-electron chi connectivity index (χ1n) is 15.0. The van der Waals surface area contributed by atoms with Crippen LogP contribution in [-0.4, -0.2) is 64.2 Å². The minimum Gasteiger partial charge on any atom is -0.464 e. The summed E-state index contributed by atoms with van der Waals surface area (Å²) in [6.45, 7) is 4.43. The van der Waals surface area contributed by atoms with E-state index in [9.17, 15) is 9.59 Å². The molecular formula is C33H37N7O4. The summed E-state index contributed by atoms with van der Waals surface area (Å²) in [7, 11) is 0. The van der Waals surface area contributed by atoms with Crippen molar-refractivity contribution in [2.75, 3.05) is 42.2 Å². The van der Waals surface area contributed by atoms with Gasteiger partial charge in [-0.2, -0.15) is 15.0 Å². The van der Waals surface area contributed by atoms with E-state index in [2.05, 4.69) is 55.5 Å². The molecule has 11 nitrogen and oxygen atoms in total. The monoisotopic (exact) mass is 595 g/mol. The average Bonchev–Trinajstić information content (AvgIpc) is 3.42. The Bertz CT molecular complexity index is 1630. The lowest BCUT2D eigenvalue weighted by Gasteiger charge is -2.39. The van der Waals surface area contributed by atoms with Gasteiger partial charge in [-0.25, -0.2) is 9.59 Å². The fourth-order valence-corrected chi connectivity index (χ4v) is 6.17. The van der Waals surface area contributed by atoms with Gasteiger partial charge in [0.15, 0.2) is 0 Å². The van der Waals surface area contributed by atoms with Crippen LogP contribution in [0.1, 0.15) is 37.3 Å². The van der Waals surface area contributed by atoms with Crippen molar-refractivity contribution in [2.24, 2.45) is 5.41 Å². The predicted octanol–water partition coefficient (Wildman–Crippen LogP) is 4.78. The molecule has 4 aromatic rings. The van der Waals surface area contributed by atoms with Gasteiger partial charge in [0.25, 0.3) is 0 Å². The van der Waals surface area contributed by atoms with Gasteiger partial charge in [0.05, 0.1) is 6.61 Å². The zero-order valence-corrected chi connectivity index (χ0v) is 24.8. The van der Waals surface area contributed by atoms with E-state index >= 15 is 0 Å². The standard InChI is InChI=1S/C33H37N7O4/c1-2-43-28(41)27-19-33(22-40(27)32(42)44-21-23-8-4-3-5-9-23)14-16-39(17-15-33)31-37-29(34)36-30(38-31)35-20-24-12-13-25-10-6-7-11-26(25)18-24/h3-13,18,27H,2,14-17,19-22H2,1H3,(H3,34,35,36,37,38). The van der Waals surface area contributed by atoms with Crippen molar-refractivity contribution < 1.29 is 19.1 Å². The molecule has 0 bridgehead atoms. The number of esters is 1. The highest BCUT2D eigenvalue weighted by atomic mass is 16.6. The number of nitrogens with one attached hydrogen (secondary N) is 1. The highest BCUT2D eigenvalue weighted by Crippen LogP contribution is 2.44. The fourth-order valence-electron chi connectivity index (χ4n) is 6.17. The van der Waals surface area contributed by atoms with Crippen LogP contribution in [0.15, 0.2) is 72.8 Å². The Morgan fingerprint density at radius 3 is 2.45 bits per heavy atom. The largest absolute Gasteiger partial charge is 0.464 e. The lowest BCUT2D eigenvalue weighted by Crippen LogP contribution is -2.44. The van der Waals surface area contributed by atoms with Gasteiger partial charge < -0.3 is 25.4 Å². The molecule has 2 aliphatic heterocycles. The SMILES string of the molecule is CCOC(=O)C1CC2(CCN(c3nc(N)nc(NCc4ccc5ccccc5c4)n3)CC2)CN1C(=O)OCc1ccccc1. The molecule has 1 aromatic heterocycles. The molecule has 1 atom stereocenters. The molecule has 44 heavy (non-hydrogen) atoms. The third kappa shape index (κ3) is 6.51. The number of likely N-dealkylation sites (tertiary alicyclic amines) is 1. The van der Waals surface area contributed by atoms with Crippen molar-refractivity contribution in [1.82, 2.24) is 19.9 Å². The summed E-state index contributed by atoms with van der Waals surface area (Å²) >= 11 is 0. The highest BCUT2D eigenvalue weighted by Gasteiger charge is 2.51. The number of nitrogens with zero attached hydrogens (tertiary/aromatic N) is 5. The Kier molecular flexibility index (Phi) is 8.44. The number of anilines is 3. The van der Waals surface area contributed by atoms with Gasteiger partial charge >= 0.3 is 12.1 Å². The molecule has 1 spiro atoms. The summed E-state index contributed by atoms with van der Waals surface area (Å²) in [5.74, 6) is 0.673. The number of carbonyl (C=O) groups is 2. The number of amides is 1. The molecule has 1 amide bonds. The predicted molar refractivity (Wildman–Crippen MR) is 168 cm³/mol. The van der Waals surface area contributed by atoms with Crippen molar-refractivity contribution >= 4 is 40.7 Å². The maximum absolute atomic E-state index is 13.2. The van der Waals surface area contributed by atoms with E-state index in [0.717, 1.165) is 24.0 Å². The quantitative estimate of drug-likeness (QED) is 0.274. The number of hydrogen-bond acceptors (Lipinski definition) is 10. The third-order valence-corrected chi connectivity index (χ3v) is 8.52. The molecule has 3 N–H and O–H groups in total.